The molecule has 1 fully saturated rings. The Hall–Kier alpha value is -1.83. The number of nitrogens with one attached hydrogen (secondary N) is 1. The lowest BCUT2D eigenvalue weighted by Crippen LogP contribution is -2.41. The summed E-state index contributed by atoms with van der Waals surface area (Å²) in [7, 11) is 1.90. The Morgan fingerprint density at radius 3 is 3.00 bits per heavy atom. The van der Waals surface area contributed by atoms with E-state index >= 15 is 0 Å². The average molecular weight is 288 g/mol. The lowest BCUT2D eigenvalue weighted by molar-refractivity contribution is -0.00332. The van der Waals surface area contributed by atoms with E-state index in [4.69, 9.17) is 10.5 Å². The first-order valence-electron chi connectivity index (χ1n) is 7.10. The summed E-state index contributed by atoms with van der Waals surface area (Å²) in [5, 5.41) is 16.2. The van der Waals surface area contributed by atoms with Crippen molar-refractivity contribution in [2.45, 2.75) is 25.6 Å². The second kappa shape index (κ2) is 5.88. The summed E-state index contributed by atoms with van der Waals surface area (Å²) in [5.41, 5.74) is 9.31. The van der Waals surface area contributed by atoms with Crippen LogP contribution in [0.25, 0.3) is 11.3 Å². The fraction of sp³-hybridized carbons (Fsp3) is 0.500. The van der Waals surface area contributed by atoms with Crippen LogP contribution in [0.1, 0.15) is 24.4 Å². The maximum Gasteiger partial charge on any atom is 0.116 e. The van der Waals surface area contributed by atoms with E-state index < -0.39 is 0 Å². The first-order valence-corrected chi connectivity index (χ1v) is 7.10. The highest BCUT2D eigenvalue weighted by Gasteiger charge is 2.26. The Kier molecular flexibility index (Phi) is 3.96. The fourth-order valence-corrected chi connectivity index (χ4v) is 2.65. The van der Waals surface area contributed by atoms with Crippen LogP contribution in [0.3, 0.4) is 0 Å². The molecule has 1 aliphatic rings. The Labute approximate surface area is 123 Å². The topological polar surface area (TPSA) is 90.9 Å². The van der Waals surface area contributed by atoms with E-state index in [1.807, 2.05) is 23.9 Å². The largest absolute Gasteiger partial charge is 0.369 e. The van der Waals surface area contributed by atoms with Crippen molar-refractivity contribution in [2.75, 3.05) is 13.2 Å². The molecule has 7 heteroatoms. The Balaban J connectivity index is 2.02. The van der Waals surface area contributed by atoms with Crippen LogP contribution in [-0.2, 0) is 18.3 Å². The van der Waals surface area contributed by atoms with Crippen molar-refractivity contribution in [3.8, 4) is 11.3 Å². The third-order valence-electron chi connectivity index (χ3n) is 3.79. The van der Waals surface area contributed by atoms with Gasteiger partial charge in [0.25, 0.3) is 0 Å². The fourth-order valence-electron chi connectivity index (χ4n) is 2.65. The van der Waals surface area contributed by atoms with Crippen LogP contribution >= 0.6 is 0 Å². The molecule has 0 spiro atoms. The van der Waals surface area contributed by atoms with Gasteiger partial charge < -0.3 is 15.8 Å². The molecule has 0 radical (unpaired) electrons. The normalized spacial score (nSPS) is 22.4. The second-order valence-corrected chi connectivity index (χ2v) is 5.21. The van der Waals surface area contributed by atoms with Crippen molar-refractivity contribution >= 4 is 0 Å². The van der Waals surface area contributed by atoms with E-state index in [0.717, 1.165) is 29.2 Å². The third-order valence-corrected chi connectivity index (χ3v) is 3.79. The van der Waals surface area contributed by atoms with Gasteiger partial charge in [-0.25, -0.2) is 0 Å². The maximum absolute atomic E-state index is 5.83. The van der Waals surface area contributed by atoms with Crippen molar-refractivity contribution in [3.63, 3.8) is 0 Å². The molecule has 0 aliphatic carbocycles. The van der Waals surface area contributed by atoms with Crippen LogP contribution in [0.4, 0.5) is 0 Å². The van der Waals surface area contributed by atoms with E-state index in [1.54, 1.807) is 6.20 Å². The monoisotopic (exact) mass is 288 g/mol. The molecule has 7 nitrogen and oxygen atoms in total. The molecule has 1 unspecified atom stereocenters. The van der Waals surface area contributed by atoms with Crippen molar-refractivity contribution in [3.05, 3.63) is 29.7 Å². The second-order valence-electron chi connectivity index (χ2n) is 5.21. The summed E-state index contributed by atoms with van der Waals surface area (Å²) >= 11 is 0. The molecule has 3 N–H and O–H groups in total. The van der Waals surface area contributed by atoms with Crippen molar-refractivity contribution in [1.82, 2.24) is 25.3 Å². The number of hydrogen-bond acceptors (Lipinski definition) is 6. The number of hydrogen-bond donors (Lipinski definition) is 2. The summed E-state index contributed by atoms with van der Waals surface area (Å²) in [5.74, 6) is 0. The van der Waals surface area contributed by atoms with E-state index in [-0.39, 0.29) is 12.1 Å². The van der Waals surface area contributed by atoms with Crippen molar-refractivity contribution in [2.24, 2.45) is 12.8 Å². The van der Waals surface area contributed by atoms with Gasteiger partial charge in [-0.1, -0.05) is 0 Å². The van der Waals surface area contributed by atoms with E-state index in [9.17, 15) is 0 Å². The smallest absolute Gasteiger partial charge is 0.116 e. The van der Waals surface area contributed by atoms with E-state index in [0.29, 0.717) is 13.2 Å². The highest BCUT2D eigenvalue weighted by Crippen LogP contribution is 2.27. The van der Waals surface area contributed by atoms with Crippen LogP contribution in [0, 0.1) is 0 Å². The molecule has 1 aliphatic heterocycles. The summed E-state index contributed by atoms with van der Waals surface area (Å²) in [6.07, 6.45) is 1.67. The molecule has 21 heavy (non-hydrogen) atoms. The quantitative estimate of drug-likeness (QED) is 0.849. The van der Waals surface area contributed by atoms with Gasteiger partial charge in [0.15, 0.2) is 0 Å². The van der Waals surface area contributed by atoms with Gasteiger partial charge in [-0.3, -0.25) is 4.68 Å². The van der Waals surface area contributed by atoms with Crippen LogP contribution in [0.15, 0.2) is 18.3 Å². The molecule has 0 bridgehead atoms. The number of ether oxygens (including phenoxy) is 1. The van der Waals surface area contributed by atoms with Gasteiger partial charge in [0.05, 0.1) is 23.7 Å². The molecule has 0 amide bonds. The number of nitrogens with two attached hydrogens (primary N) is 1. The minimum absolute atomic E-state index is 0.0925. The van der Waals surface area contributed by atoms with Gasteiger partial charge >= 0.3 is 0 Å². The highest BCUT2D eigenvalue weighted by atomic mass is 16.5. The predicted octanol–water partition coefficient (Wildman–Crippen LogP) is 0.385. The Morgan fingerprint density at radius 2 is 2.33 bits per heavy atom. The zero-order chi connectivity index (χ0) is 14.8. The number of aromatic nitrogens is 4. The van der Waals surface area contributed by atoms with Crippen molar-refractivity contribution < 1.29 is 4.74 Å². The number of nitrogens with zero attached hydrogens (tertiary/aromatic N) is 4. The molecule has 2 atom stereocenters. The van der Waals surface area contributed by atoms with Gasteiger partial charge in [0, 0.05) is 37.9 Å². The predicted molar refractivity (Wildman–Crippen MR) is 78.3 cm³/mol. The summed E-state index contributed by atoms with van der Waals surface area (Å²) in [4.78, 5) is 0. The molecule has 2 aromatic heterocycles. The molecule has 3 heterocycles. The molecule has 3 rings (SSSR count). The zero-order valence-electron chi connectivity index (χ0n) is 12.3. The highest BCUT2D eigenvalue weighted by molar-refractivity contribution is 5.62. The first-order chi connectivity index (χ1) is 10.2. The van der Waals surface area contributed by atoms with Gasteiger partial charge in [-0.2, -0.15) is 15.3 Å². The molecule has 112 valence electrons. The molecular formula is C14H20N6O. The summed E-state index contributed by atoms with van der Waals surface area (Å²) < 4.78 is 7.64. The van der Waals surface area contributed by atoms with Crippen LogP contribution in [0.5, 0.6) is 0 Å². The summed E-state index contributed by atoms with van der Waals surface area (Å²) in [6, 6.07) is 4.17. The van der Waals surface area contributed by atoms with Gasteiger partial charge in [-0.05, 0) is 19.1 Å². The zero-order valence-corrected chi connectivity index (χ0v) is 12.3. The minimum Gasteiger partial charge on any atom is -0.369 e. The maximum atomic E-state index is 5.83. The van der Waals surface area contributed by atoms with Crippen molar-refractivity contribution in [1.29, 1.82) is 0 Å². The molecule has 0 aromatic carbocycles. The van der Waals surface area contributed by atoms with E-state index in [1.165, 1.54) is 0 Å². The van der Waals surface area contributed by atoms with Crippen LogP contribution in [-0.4, -0.2) is 39.2 Å². The Bertz CT molecular complexity index is 626. The standard InChI is InChI=1S/C14H20N6O/c1-9-14(21-6-5-16-9)11-7-10(12(8-15)19-18-11)13-3-4-17-20(13)2/h3-4,7,9,14,16H,5-6,8,15H2,1-2H3/t9?,14-/m1/s1. The third kappa shape index (κ3) is 2.67. The number of morpholine rings is 1. The Morgan fingerprint density at radius 1 is 1.48 bits per heavy atom. The minimum atomic E-state index is -0.0925. The molecule has 1 saturated heterocycles. The van der Waals surface area contributed by atoms with E-state index in [2.05, 4.69) is 27.5 Å². The number of rotatable bonds is 3. The molecular weight excluding hydrogens is 268 g/mol. The van der Waals surface area contributed by atoms with Crippen LogP contribution < -0.4 is 11.1 Å². The average Bonchev–Trinajstić information content (AvgIpc) is 2.93. The molecule has 0 saturated carbocycles. The van der Waals surface area contributed by atoms with Gasteiger partial charge in [0.2, 0.25) is 0 Å². The molecule has 2 aromatic rings. The first kappa shape index (κ1) is 14.1. The lowest BCUT2D eigenvalue weighted by Gasteiger charge is -2.29. The van der Waals surface area contributed by atoms with Crippen LogP contribution in [0.2, 0.25) is 0 Å². The number of aryl methyl sites for hydroxylation is 1. The van der Waals surface area contributed by atoms with Gasteiger partial charge in [0.1, 0.15) is 6.10 Å². The summed E-state index contributed by atoms with van der Waals surface area (Å²) in [6.45, 7) is 3.97. The SMILES string of the molecule is CC1NCCO[C@H]1c1cc(-c2ccnn2C)c(CN)nn1. The lowest BCUT2D eigenvalue weighted by atomic mass is 10.0. The van der Waals surface area contributed by atoms with Gasteiger partial charge in [-0.15, -0.1) is 0 Å².